The third kappa shape index (κ3) is 4.61. The van der Waals surface area contributed by atoms with Gasteiger partial charge in [0.25, 0.3) is 5.91 Å². The number of amides is 1. The molecular formula is C19H32N4O2. The van der Waals surface area contributed by atoms with Crippen LogP contribution in [-0.2, 0) is 4.74 Å². The Labute approximate surface area is 150 Å². The molecular weight excluding hydrogens is 316 g/mol. The molecule has 2 fully saturated rings. The normalized spacial score (nSPS) is 27.9. The van der Waals surface area contributed by atoms with Gasteiger partial charge in [-0.15, -0.1) is 0 Å². The maximum absolute atomic E-state index is 12.5. The molecule has 0 radical (unpaired) electrons. The van der Waals surface area contributed by atoms with Crippen molar-refractivity contribution in [2.24, 2.45) is 11.3 Å². The first-order valence-electron chi connectivity index (χ1n) is 9.61. The number of aromatic nitrogens is 2. The van der Waals surface area contributed by atoms with Gasteiger partial charge in [0.05, 0.1) is 12.1 Å². The van der Waals surface area contributed by atoms with Crippen molar-refractivity contribution in [1.82, 2.24) is 20.4 Å². The van der Waals surface area contributed by atoms with E-state index in [4.69, 9.17) is 4.74 Å². The van der Waals surface area contributed by atoms with Gasteiger partial charge in [-0.05, 0) is 43.7 Å². The summed E-state index contributed by atoms with van der Waals surface area (Å²) in [7, 11) is 0. The summed E-state index contributed by atoms with van der Waals surface area (Å²) in [5.74, 6) is 0.281. The fourth-order valence-electron chi connectivity index (χ4n) is 4.05. The van der Waals surface area contributed by atoms with Gasteiger partial charge < -0.3 is 15.4 Å². The number of hydrogen-bond acceptors (Lipinski definition) is 4. The zero-order valence-corrected chi connectivity index (χ0v) is 15.8. The van der Waals surface area contributed by atoms with Gasteiger partial charge >= 0.3 is 0 Å². The SMILES string of the molecule is CC(C)(C)C1OCCCC1CNC(=O)c1ccn(C2CCCNC2)n1. The van der Waals surface area contributed by atoms with Crippen LogP contribution in [0.15, 0.2) is 12.3 Å². The van der Waals surface area contributed by atoms with Gasteiger partial charge in [-0.25, -0.2) is 0 Å². The molecule has 1 aromatic rings. The quantitative estimate of drug-likeness (QED) is 0.877. The predicted octanol–water partition coefficient (Wildman–Crippen LogP) is 2.38. The maximum Gasteiger partial charge on any atom is 0.271 e. The second-order valence-electron chi connectivity index (χ2n) is 8.45. The first-order chi connectivity index (χ1) is 11.9. The summed E-state index contributed by atoms with van der Waals surface area (Å²) in [6, 6.07) is 2.18. The molecule has 25 heavy (non-hydrogen) atoms. The largest absolute Gasteiger partial charge is 0.377 e. The van der Waals surface area contributed by atoms with Crippen LogP contribution < -0.4 is 10.6 Å². The Bertz CT molecular complexity index is 572. The number of nitrogens with one attached hydrogen (secondary N) is 2. The summed E-state index contributed by atoms with van der Waals surface area (Å²) >= 11 is 0. The summed E-state index contributed by atoms with van der Waals surface area (Å²) in [5.41, 5.74) is 0.598. The summed E-state index contributed by atoms with van der Waals surface area (Å²) in [4.78, 5) is 12.5. The smallest absolute Gasteiger partial charge is 0.271 e. The molecule has 0 aliphatic carbocycles. The lowest BCUT2D eigenvalue weighted by atomic mass is 9.78. The van der Waals surface area contributed by atoms with E-state index in [2.05, 4.69) is 36.5 Å². The van der Waals surface area contributed by atoms with E-state index in [0.717, 1.165) is 45.4 Å². The maximum atomic E-state index is 12.5. The molecule has 3 unspecified atom stereocenters. The zero-order valence-electron chi connectivity index (χ0n) is 15.8. The van der Waals surface area contributed by atoms with Crippen molar-refractivity contribution in [1.29, 1.82) is 0 Å². The van der Waals surface area contributed by atoms with Gasteiger partial charge in [0.2, 0.25) is 0 Å². The van der Waals surface area contributed by atoms with Crippen molar-refractivity contribution in [3.8, 4) is 0 Å². The van der Waals surface area contributed by atoms with Crippen LogP contribution in [-0.4, -0.2) is 48.0 Å². The number of nitrogens with zero attached hydrogens (tertiary/aromatic N) is 2. The molecule has 2 N–H and O–H groups in total. The lowest BCUT2D eigenvalue weighted by molar-refractivity contribution is -0.0839. The lowest BCUT2D eigenvalue weighted by Crippen LogP contribution is -2.45. The van der Waals surface area contributed by atoms with Crippen LogP contribution in [0.4, 0.5) is 0 Å². The molecule has 3 rings (SSSR count). The standard InChI is InChI=1S/C19H32N4O2/c1-19(2,3)17-14(6-5-11-25-17)12-21-18(24)16-8-10-23(22-16)15-7-4-9-20-13-15/h8,10,14-15,17,20H,4-7,9,11-13H2,1-3H3,(H,21,24). The Hall–Kier alpha value is -1.40. The van der Waals surface area contributed by atoms with E-state index in [1.54, 1.807) is 0 Å². The van der Waals surface area contributed by atoms with Crippen LogP contribution in [0.25, 0.3) is 0 Å². The molecule has 0 bridgehead atoms. The molecule has 3 atom stereocenters. The number of piperidine rings is 1. The number of ether oxygens (including phenoxy) is 1. The van der Waals surface area contributed by atoms with E-state index in [1.807, 2.05) is 16.9 Å². The minimum atomic E-state index is -0.0826. The van der Waals surface area contributed by atoms with Gasteiger partial charge in [0.15, 0.2) is 0 Å². The summed E-state index contributed by atoms with van der Waals surface area (Å²) in [6.07, 6.45) is 6.55. The van der Waals surface area contributed by atoms with Crippen LogP contribution >= 0.6 is 0 Å². The predicted molar refractivity (Wildman–Crippen MR) is 97.6 cm³/mol. The Balaban J connectivity index is 1.56. The Morgan fingerprint density at radius 2 is 2.24 bits per heavy atom. The van der Waals surface area contributed by atoms with Gasteiger partial charge in [-0.2, -0.15) is 5.10 Å². The topological polar surface area (TPSA) is 68.2 Å². The summed E-state index contributed by atoms with van der Waals surface area (Å²) < 4.78 is 7.93. The molecule has 3 heterocycles. The summed E-state index contributed by atoms with van der Waals surface area (Å²) in [5, 5.41) is 11.0. The van der Waals surface area contributed by atoms with Crippen molar-refractivity contribution < 1.29 is 9.53 Å². The van der Waals surface area contributed by atoms with Gasteiger partial charge in [0, 0.05) is 31.8 Å². The van der Waals surface area contributed by atoms with Crippen molar-refractivity contribution in [3.05, 3.63) is 18.0 Å². The highest BCUT2D eigenvalue weighted by molar-refractivity contribution is 5.92. The van der Waals surface area contributed by atoms with E-state index in [1.165, 1.54) is 0 Å². The number of rotatable bonds is 4. The molecule has 6 nitrogen and oxygen atoms in total. The molecule has 1 amide bonds. The summed E-state index contributed by atoms with van der Waals surface area (Å²) in [6.45, 7) is 10.1. The highest BCUT2D eigenvalue weighted by atomic mass is 16.5. The Kier molecular flexibility index (Phi) is 5.79. The highest BCUT2D eigenvalue weighted by Gasteiger charge is 2.35. The second-order valence-corrected chi connectivity index (χ2v) is 8.45. The van der Waals surface area contributed by atoms with Crippen LogP contribution in [0.3, 0.4) is 0 Å². The molecule has 1 aromatic heterocycles. The number of hydrogen-bond donors (Lipinski definition) is 2. The van der Waals surface area contributed by atoms with Crippen molar-refractivity contribution in [2.45, 2.75) is 58.6 Å². The molecule has 2 aliphatic rings. The van der Waals surface area contributed by atoms with Crippen molar-refractivity contribution >= 4 is 5.91 Å². The van der Waals surface area contributed by atoms with Crippen LogP contribution in [0.2, 0.25) is 0 Å². The highest BCUT2D eigenvalue weighted by Crippen LogP contribution is 2.33. The molecule has 0 spiro atoms. The van der Waals surface area contributed by atoms with E-state index < -0.39 is 0 Å². The second kappa shape index (κ2) is 7.87. The molecule has 6 heteroatoms. The van der Waals surface area contributed by atoms with Crippen LogP contribution in [0.1, 0.15) is 63.0 Å². The number of carbonyl (C=O) groups excluding carboxylic acids is 1. The molecule has 2 aliphatic heterocycles. The Morgan fingerprint density at radius 3 is 2.96 bits per heavy atom. The molecule has 0 saturated carbocycles. The molecule has 140 valence electrons. The Morgan fingerprint density at radius 1 is 1.40 bits per heavy atom. The van der Waals surface area contributed by atoms with Crippen molar-refractivity contribution in [3.63, 3.8) is 0 Å². The first kappa shape index (κ1) is 18.4. The molecule has 0 aromatic carbocycles. The monoisotopic (exact) mass is 348 g/mol. The average Bonchev–Trinajstić information content (AvgIpc) is 3.10. The van der Waals surface area contributed by atoms with E-state index in [9.17, 15) is 4.79 Å². The minimum absolute atomic E-state index is 0.0826. The average molecular weight is 348 g/mol. The fraction of sp³-hybridized carbons (Fsp3) is 0.789. The zero-order chi connectivity index (χ0) is 17.9. The van der Waals surface area contributed by atoms with E-state index in [-0.39, 0.29) is 17.4 Å². The van der Waals surface area contributed by atoms with E-state index >= 15 is 0 Å². The molecule has 2 saturated heterocycles. The third-order valence-corrected chi connectivity index (χ3v) is 5.31. The van der Waals surface area contributed by atoms with Crippen LogP contribution in [0.5, 0.6) is 0 Å². The van der Waals surface area contributed by atoms with E-state index in [0.29, 0.717) is 24.2 Å². The lowest BCUT2D eigenvalue weighted by Gasteiger charge is -2.40. The first-order valence-corrected chi connectivity index (χ1v) is 9.61. The van der Waals surface area contributed by atoms with Crippen LogP contribution in [0, 0.1) is 11.3 Å². The van der Waals surface area contributed by atoms with Crippen molar-refractivity contribution in [2.75, 3.05) is 26.2 Å². The van der Waals surface area contributed by atoms with Gasteiger partial charge in [0.1, 0.15) is 5.69 Å². The van der Waals surface area contributed by atoms with Gasteiger partial charge in [-0.1, -0.05) is 20.8 Å². The number of carbonyl (C=O) groups is 1. The minimum Gasteiger partial charge on any atom is -0.377 e. The third-order valence-electron chi connectivity index (χ3n) is 5.31. The van der Waals surface area contributed by atoms with Gasteiger partial charge in [-0.3, -0.25) is 9.48 Å². The fourth-order valence-corrected chi connectivity index (χ4v) is 4.05.